The van der Waals surface area contributed by atoms with Crippen molar-refractivity contribution >= 4 is 72.6 Å². The number of para-hydroxylation sites is 1. The van der Waals surface area contributed by atoms with Crippen LogP contribution in [0.5, 0.6) is 0 Å². The molecule has 4 fully saturated rings. The van der Waals surface area contributed by atoms with Crippen LogP contribution in [0.25, 0.3) is 22.1 Å². The first-order chi connectivity index (χ1) is 29.4. The number of piperazine rings is 1. The van der Waals surface area contributed by atoms with Gasteiger partial charge in [-0.3, -0.25) is 38.3 Å². The number of carbonyl (C=O) groups is 2. The maximum absolute atomic E-state index is 13.9. The van der Waals surface area contributed by atoms with Crippen molar-refractivity contribution in [2.24, 2.45) is 7.05 Å². The van der Waals surface area contributed by atoms with Crippen molar-refractivity contribution in [2.45, 2.75) is 80.5 Å². The molecule has 4 aliphatic rings. The summed E-state index contributed by atoms with van der Waals surface area (Å²) < 4.78 is 32.6. The molecule has 322 valence electrons. The van der Waals surface area contributed by atoms with Gasteiger partial charge < -0.3 is 15.1 Å². The van der Waals surface area contributed by atoms with E-state index >= 15 is 0 Å². The van der Waals surface area contributed by atoms with Crippen LogP contribution in [0.4, 0.5) is 17.3 Å². The largest absolute Gasteiger partial charge is 0.367 e. The summed E-state index contributed by atoms with van der Waals surface area (Å²) >= 11 is 6.30. The van der Waals surface area contributed by atoms with E-state index in [4.69, 9.17) is 16.6 Å². The number of nitrogens with zero attached hydrogens (tertiary/aromatic N) is 8. The number of hydrogen-bond acceptors (Lipinski definition) is 12. The number of hydrogen-bond donors (Lipinski definition) is 2. The van der Waals surface area contributed by atoms with E-state index in [0.717, 1.165) is 81.7 Å². The summed E-state index contributed by atoms with van der Waals surface area (Å²) in [6, 6.07) is 11.9. The number of benzene rings is 2. The molecular weight excluding hydrogens is 820 g/mol. The van der Waals surface area contributed by atoms with Gasteiger partial charge in [0, 0.05) is 76.0 Å². The van der Waals surface area contributed by atoms with E-state index in [1.165, 1.54) is 4.57 Å². The van der Waals surface area contributed by atoms with E-state index in [9.17, 15) is 27.6 Å². The minimum atomic E-state index is -3.56. The number of piperidine rings is 2. The summed E-state index contributed by atoms with van der Waals surface area (Å²) in [7, 11) is -1.83. The Labute approximate surface area is 358 Å². The molecule has 16 nitrogen and oxygen atoms in total. The highest BCUT2D eigenvalue weighted by atomic mass is 35.5. The van der Waals surface area contributed by atoms with Crippen molar-refractivity contribution in [1.82, 2.24) is 38.8 Å². The highest BCUT2D eigenvalue weighted by molar-refractivity contribution is 7.92. The Hall–Kier alpha value is -5.10. The molecule has 2 amide bonds. The lowest BCUT2D eigenvalue weighted by atomic mass is 10.1. The lowest BCUT2D eigenvalue weighted by Gasteiger charge is -2.38. The fourth-order valence-corrected chi connectivity index (χ4v) is 11.8. The number of aromatic nitrogens is 5. The van der Waals surface area contributed by atoms with Gasteiger partial charge in [-0.1, -0.05) is 30.5 Å². The molecule has 5 aromatic rings. The fraction of sp³-hybridized carbons (Fsp3) is 0.488. The lowest BCUT2D eigenvalue weighted by molar-refractivity contribution is -0.135. The van der Waals surface area contributed by atoms with Crippen LogP contribution in [-0.4, -0.2) is 111 Å². The van der Waals surface area contributed by atoms with Gasteiger partial charge in [0.25, 0.3) is 5.56 Å². The van der Waals surface area contributed by atoms with Gasteiger partial charge in [0.1, 0.15) is 16.7 Å². The van der Waals surface area contributed by atoms with Crippen LogP contribution in [-0.2, 0) is 26.5 Å². The Morgan fingerprint density at radius 1 is 0.869 bits per heavy atom. The van der Waals surface area contributed by atoms with Crippen molar-refractivity contribution in [2.75, 3.05) is 62.6 Å². The molecule has 3 aliphatic heterocycles. The monoisotopic (exact) mass is 870 g/mol. The molecule has 6 heterocycles. The van der Waals surface area contributed by atoms with Crippen LogP contribution < -0.4 is 26.8 Å². The van der Waals surface area contributed by atoms with E-state index in [2.05, 4.69) is 30.3 Å². The Bertz CT molecular complexity index is 2760. The number of carbonyl (C=O) groups excluding carboxylic acids is 2. The molecule has 3 saturated heterocycles. The quantitative estimate of drug-likeness (QED) is 0.191. The summed E-state index contributed by atoms with van der Waals surface area (Å²) in [5.74, 6) is -0.441. The summed E-state index contributed by atoms with van der Waals surface area (Å²) in [4.78, 5) is 67.6. The summed E-state index contributed by atoms with van der Waals surface area (Å²) in [5.41, 5.74) is 3.85. The van der Waals surface area contributed by atoms with Gasteiger partial charge in [0.05, 0.1) is 26.9 Å². The highest BCUT2D eigenvalue weighted by Crippen LogP contribution is 2.34. The number of nitrogens with one attached hydrogen (secondary N) is 2. The van der Waals surface area contributed by atoms with Crippen LogP contribution >= 0.6 is 11.6 Å². The van der Waals surface area contributed by atoms with Gasteiger partial charge >= 0.3 is 5.69 Å². The molecule has 1 saturated carbocycles. The van der Waals surface area contributed by atoms with E-state index in [-0.39, 0.29) is 34.6 Å². The van der Waals surface area contributed by atoms with Gasteiger partial charge in [-0.05, 0) is 94.1 Å². The average molecular weight is 871 g/mol. The van der Waals surface area contributed by atoms with Crippen LogP contribution in [0.3, 0.4) is 0 Å². The number of amides is 2. The number of likely N-dealkylation sites (tertiary alicyclic amines) is 1. The number of imide groups is 1. The molecule has 2 aromatic carbocycles. The third-order valence-corrected chi connectivity index (χ3v) is 15.7. The Kier molecular flexibility index (Phi) is 11.3. The molecule has 1 unspecified atom stereocenters. The third-order valence-electron chi connectivity index (χ3n) is 13.2. The number of rotatable bonds is 10. The number of fused-ring (bicyclic) bond motifs is 2. The normalized spacial score (nSPS) is 20.2. The summed E-state index contributed by atoms with van der Waals surface area (Å²) in [6.45, 7) is 8.25. The maximum atomic E-state index is 13.9. The zero-order valence-electron chi connectivity index (χ0n) is 34.5. The second-order valence-corrected chi connectivity index (χ2v) is 19.6. The predicted octanol–water partition coefficient (Wildman–Crippen LogP) is 4.30. The smallest absolute Gasteiger partial charge is 0.329 e. The van der Waals surface area contributed by atoms with Crippen LogP contribution in [0.15, 0.2) is 63.1 Å². The Morgan fingerprint density at radius 3 is 2.30 bits per heavy atom. The number of anilines is 3. The third kappa shape index (κ3) is 7.85. The maximum Gasteiger partial charge on any atom is 0.329 e. The van der Waals surface area contributed by atoms with Crippen molar-refractivity contribution in [3.05, 3.63) is 80.1 Å². The minimum Gasteiger partial charge on any atom is -0.367 e. The van der Waals surface area contributed by atoms with Crippen LogP contribution in [0, 0.1) is 6.92 Å². The molecule has 0 spiro atoms. The first-order valence-corrected chi connectivity index (χ1v) is 23.2. The molecule has 18 heteroatoms. The molecule has 0 radical (unpaired) electrons. The summed E-state index contributed by atoms with van der Waals surface area (Å²) in [6.07, 6.45) is 7.17. The minimum absolute atomic E-state index is 0.0429. The Balaban J connectivity index is 0.786. The molecule has 0 bridgehead atoms. The second-order valence-electron chi connectivity index (χ2n) is 16.9. The predicted molar refractivity (Wildman–Crippen MR) is 235 cm³/mol. The molecule has 1 aliphatic carbocycles. The molecule has 1 atom stereocenters. The molecular formula is C43H51ClN10O6S. The van der Waals surface area contributed by atoms with Gasteiger partial charge in [0.2, 0.25) is 17.8 Å². The second kappa shape index (κ2) is 16.6. The first-order valence-electron chi connectivity index (χ1n) is 21.3. The molecule has 2 N–H and O–H groups in total. The Morgan fingerprint density at radius 2 is 1.59 bits per heavy atom. The zero-order valence-corrected chi connectivity index (χ0v) is 36.1. The molecule has 9 rings (SSSR count). The number of pyridine rings is 1. The van der Waals surface area contributed by atoms with E-state index < -0.39 is 27.0 Å². The molecule has 3 aromatic heterocycles. The summed E-state index contributed by atoms with van der Waals surface area (Å²) in [5, 5.41) is 6.00. The van der Waals surface area contributed by atoms with Gasteiger partial charge in [-0.25, -0.2) is 18.2 Å². The van der Waals surface area contributed by atoms with Gasteiger partial charge in [0.15, 0.2) is 9.84 Å². The SMILES string of the molecule is Cc1cc(S(=O)(=O)C2CCN(CCN3CCN(c4cccc5c4n(C)c(=O)n5C4CCC(=O)NC4=O)CC3)CC2)ccc1Nc1ncc2cc(Cl)c(=O)n(C3CCCC3)c2n1. The van der Waals surface area contributed by atoms with Crippen molar-refractivity contribution < 1.29 is 18.0 Å². The van der Waals surface area contributed by atoms with Crippen LogP contribution in [0.2, 0.25) is 5.02 Å². The lowest BCUT2D eigenvalue weighted by Crippen LogP contribution is -2.49. The molecule has 61 heavy (non-hydrogen) atoms. The number of sulfone groups is 1. The van der Waals surface area contributed by atoms with E-state index in [1.54, 1.807) is 46.6 Å². The zero-order chi connectivity index (χ0) is 42.6. The van der Waals surface area contributed by atoms with Crippen molar-refractivity contribution in [3.8, 4) is 0 Å². The van der Waals surface area contributed by atoms with Gasteiger partial charge in [-0.2, -0.15) is 4.98 Å². The fourth-order valence-electron chi connectivity index (χ4n) is 9.76. The average Bonchev–Trinajstić information content (AvgIpc) is 3.88. The highest BCUT2D eigenvalue weighted by Gasteiger charge is 2.34. The van der Waals surface area contributed by atoms with E-state index in [0.29, 0.717) is 65.4 Å². The number of halogens is 1. The van der Waals surface area contributed by atoms with Gasteiger partial charge in [-0.15, -0.1) is 0 Å². The topological polar surface area (TPSA) is 177 Å². The number of aryl methyl sites for hydroxylation is 2. The number of imidazole rings is 1. The van der Waals surface area contributed by atoms with Crippen LogP contribution in [0.1, 0.15) is 69.0 Å². The van der Waals surface area contributed by atoms with Crippen molar-refractivity contribution in [3.63, 3.8) is 0 Å². The first kappa shape index (κ1) is 41.3. The standard InChI is InChI=1S/C43H51ClN10O6S/c1-27-24-31(10-11-33(27)46-42-45-26-28-25-32(44)41(57)53(39(28)48-42)29-6-3-4-7-29)61(59,60)30-14-16-50(17-15-30)18-19-51-20-22-52(23-21-51)34-8-5-9-35-38(34)49(2)43(58)54(35)36-12-13-37(55)47-40(36)56/h5,8-11,24-26,29-30,36H,3-4,6-7,12-23H2,1-2H3,(H,45,46,48)(H,47,55,56). The van der Waals surface area contributed by atoms with Crippen molar-refractivity contribution in [1.29, 1.82) is 0 Å². The van der Waals surface area contributed by atoms with E-state index in [1.807, 2.05) is 25.1 Å².